The fraction of sp³-hybridized carbons (Fsp3) is 0.255. The van der Waals surface area contributed by atoms with Crippen molar-refractivity contribution < 1.29 is 48.5 Å². The van der Waals surface area contributed by atoms with Gasteiger partial charge in [-0.3, -0.25) is 0 Å². The number of aryl methyl sites for hydroxylation is 4. The molecule has 2 fully saturated rings. The molecular weight excluding hydrogens is 812 g/mol. The molecule has 7 rings (SSSR count). The van der Waals surface area contributed by atoms with E-state index in [0.29, 0.717) is 27.4 Å². The molecule has 0 bridgehead atoms. The summed E-state index contributed by atoms with van der Waals surface area (Å²) < 4.78 is 81.3. The van der Waals surface area contributed by atoms with E-state index in [1.165, 1.54) is 56.4 Å². The number of hydrogen-bond acceptors (Lipinski definition) is 1. The quantitative estimate of drug-likeness (QED) is 0.0937. The van der Waals surface area contributed by atoms with Gasteiger partial charge in [0.2, 0.25) is 0 Å². The Bertz CT molecular complexity index is 1920. The van der Waals surface area contributed by atoms with E-state index in [9.17, 15) is 31.4 Å². The molecule has 2 aliphatic rings. The van der Waals surface area contributed by atoms with Crippen molar-refractivity contribution in [1.82, 2.24) is 0 Å². The van der Waals surface area contributed by atoms with E-state index in [1.807, 2.05) is 27.7 Å². The first-order valence-corrected chi connectivity index (χ1v) is 21.2. The van der Waals surface area contributed by atoms with Gasteiger partial charge in [0.15, 0.2) is 0 Å². The first-order chi connectivity index (χ1) is 26.6. The molecule has 0 saturated heterocycles. The number of rotatable bonds is 8. The van der Waals surface area contributed by atoms with Gasteiger partial charge in [-0.25, -0.2) is 0 Å². The first kappa shape index (κ1) is 45.1. The van der Waals surface area contributed by atoms with Gasteiger partial charge in [0, 0.05) is 47.9 Å². The third-order valence-corrected chi connectivity index (χ3v) is 14.6. The standard InChI is InChI=1S/C42H32F6OP2.C5H10.Fe/c1-26-20-27(2)23-34(22-26)51(35-24-28(3)21-29(4)25-35)39-11-7-9-37(39)40(49)36-8-5-6-10-38(36)50(32-16-12-30(13-17-32)41(43,44)45)33-18-14-31(15-19-33)42(46,47)48;1-2-4-5-3-1;/h5-6,8,10,12-25,40,49H,1-4H3;1-5H2;/t40-;;/m1../s1. The SMILES string of the molecule is C1CCCC1.Cc1cc(C)cc(P([C]2[C][C][C][C]2[C@H](O)c2ccccc2P(c2ccc(C(F)(F)F)cc2)c2ccc(C(F)(F)F)cc2)c2cc(C)cc(C)c2)c1.[Fe]. The summed E-state index contributed by atoms with van der Waals surface area (Å²) in [6.07, 6.45) is 6.48. The summed E-state index contributed by atoms with van der Waals surface area (Å²) >= 11 is 0. The maximum absolute atomic E-state index is 13.5. The molecule has 5 aromatic rings. The molecular formula is C47H42F6FeOP2. The van der Waals surface area contributed by atoms with Crippen LogP contribution in [0.15, 0.2) is 109 Å². The van der Waals surface area contributed by atoms with E-state index in [-0.39, 0.29) is 17.1 Å². The number of benzene rings is 5. The molecule has 2 aliphatic carbocycles. The summed E-state index contributed by atoms with van der Waals surface area (Å²) in [5, 5.41) is 16.0. The molecule has 0 unspecified atom stereocenters. The van der Waals surface area contributed by atoms with E-state index < -0.39 is 45.4 Å². The van der Waals surface area contributed by atoms with Gasteiger partial charge in [0.25, 0.3) is 0 Å². The van der Waals surface area contributed by atoms with Gasteiger partial charge in [0.05, 0.1) is 17.2 Å². The number of aliphatic hydroxyl groups excluding tert-OH is 1. The second-order valence-electron chi connectivity index (χ2n) is 14.3. The molecule has 296 valence electrons. The summed E-state index contributed by atoms with van der Waals surface area (Å²) in [6.45, 7) is 8.15. The molecule has 8 radical (unpaired) electrons. The average Bonchev–Trinajstić information content (AvgIpc) is 3.88. The summed E-state index contributed by atoms with van der Waals surface area (Å²) in [6, 6.07) is 29.1. The zero-order valence-electron chi connectivity index (χ0n) is 32.0. The second-order valence-corrected chi connectivity index (χ2v) is 18.7. The third-order valence-electron chi connectivity index (χ3n) is 9.69. The van der Waals surface area contributed by atoms with Crippen LogP contribution in [0.4, 0.5) is 26.3 Å². The van der Waals surface area contributed by atoms with Crippen LogP contribution < -0.4 is 26.5 Å². The average molecular weight is 855 g/mol. The van der Waals surface area contributed by atoms with Crippen molar-refractivity contribution >= 4 is 42.4 Å². The van der Waals surface area contributed by atoms with Crippen molar-refractivity contribution in [1.29, 1.82) is 0 Å². The Hall–Kier alpha value is -2.98. The minimum atomic E-state index is -4.56. The molecule has 0 aliphatic heterocycles. The summed E-state index contributed by atoms with van der Waals surface area (Å²) in [5.74, 6) is 0.460. The number of hydrogen-bond donors (Lipinski definition) is 1. The molecule has 10 heteroatoms. The fourth-order valence-corrected chi connectivity index (χ4v) is 12.4. The molecule has 1 atom stereocenters. The molecule has 2 saturated carbocycles. The fourth-order valence-electron chi connectivity index (χ4n) is 7.21. The van der Waals surface area contributed by atoms with E-state index in [4.69, 9.17) is 0 Å². The summed E-state index contributed by atoms with van der Waals surface area (Å²) in [5.41, 5.74) is 3.88. The van der Waals surface area contributed by atoms with Crippen LogP contribution in [0.2, 0.25) is 0 Å². The van der Waals surface area contributed by atoms with Gasteiger partial charge in [0.1, 0.15) is 0 Å². The van der Waals surface area contributed by atoms with Gasteiger partial charge < -0.3 is 5.11 Å². The normalized spacial score (nSPS) is 15.7. The van der Waals surface area contributed by atoms with Crippen molar-refractivity contribution in [2.75, 3.05) is 0 Å². The third kappa shape index (κ3) is 11.2. The van der Waals surface area contributed by atoms with Crippen LogP contribution in [0.1, 0.15) is 77.2 Å². The molecule has 1 nitrogen and oxygen atoms in total. The summed E-state index contributed by atoms with van der Waals surface area (Å²) in [7, 11) is -2.97. The van der Waals surface area contributed by atoms with Crippen molar-refractivity contribution in [2.24, 2.45) is 0 Å². The Kier molecular flexibility index (Phi) is 15.3. The first-order valence-electron chi connectivity index (χ1n) is 18.5. The zero-order valence-corrected chi connectivity index (χ0v) is 34.9. The zero-order chi connectivity index (χ0) is 40.2. The van der Waals surface area contributed by atoms with Gasteiger partial charge >= 0.3 is 12.4 Å². The van der Waals surface area contributed by atoms with Crippen LogP contribution in [0.5, 0.6) is 0 Å². The van der Waals surface area contributed by atoms with Crippen LogP contribution in [0.3, 0.4) is 0 Å². The number of halogens is 6. The summed E-state index contributed by atoms with van der Waals surface area (Å²) in [4.78, 5) is 0. The van der Waals surface area contributed by atoms with Gasteiger partial charge in [-0.2, -0.15) is 26.3 Å². The Balaban J connectivity index is 0.000000959. The van der Waals surface area contributed by atoms with Crippen molar-refractivity contribution in [3.8, 4) is 0 Å². The Morgan fingerprint density at radius 2 is 0.930 bits per heavy atom. The topological polar surface area (TPSA) is 20.2 Å². The Morgan fingerprint density at radius 1 is 0.526 bits per heavy atom. The molecule has 0 heterocycles. The molecule has 1 N–H and O–H groups in total. The minimum Gasteiger partial charge on any atom is -0.388 e. The molecule has 0 aromatic heterocycles. The van der Waals surface area contributed by atoms with Crippen LogP contribution >= 0.6 is 15.8 Å². The Morgan fingerprint density at radius 3 is 1.33 bits per heavy atom. The Labute approximate surface area is 346 Å². The maximum Gasteiger partial charge on any atom is 0.416 e. The van der Waals surface area contributed by atoms with E-state index in [0.717, 1.165) is 62.8 Å². The van der Waals surface area contributed by atoms with Gasteiger partial charge in [-0.15, -0.1) is 0 Å². The van der Waals surface area contributed by atoms with Crippen LogP contribution in [-0.2, 0) is 29.4 Å². The number of alkyl halides is 6. The van der Waals surface area contributed by atoms with Crippen molar-refractivity contribution in [2.45, 2.75) is 78.3 Å². The van der Waals surface area contributed by atoms with Crippen LogP contribution in [0, 0.1) is 58.5 Å². The maximum atomic E-state index is 13.5. The predicted octanol–water partition coefficient (Wildman–Crippen LogP) is 11.2. The minimum absolute atomic E-state index is 0. The molecule has 0 spiro atoms. The van der Waals surface area contributed by atoms with E-state index >= 15 is 0 Å². The van der Waals surface area contributed by atoms with Gasteiger partial charge in [-0.05, 0) is 99.9 Å². The smallest absolute Gasteiger partial charge is 0.388 e. The second kappa shape index (κ2) is 19.4. The van der Waals surface area contributed by atoms with E-state index in [2.05, 4.69) is 55.7 Å². The monoisotopic (exact) mass is 854 g/mol. The van der Waals surface area contributed by atoms with Gasteiger partial charge in [-0.1, -0.05) is 139 Å². The van der Waals surface area contributed by atoms with E-state index in [1.54, 1.807) is 24.3 Å². The van der Waals surface area contributed by atoms with Crippen molar-refractivity contribution in [3.05, 3.63) is 179 Å². The van der Waals surface area contributed by atoms with Crippen molar-refractivity contribution in [3.63, 3.8) is 0 Å². The largest absolute Gasteiger partial charge is 0.416 e. The van der Waals surface area contributed by atoms with Crippen LogP contribution in [-0.4, -0.2) is 5.11 Å². The predicted molar refractivity (Wildman–Crippen MR) is 217 cm³/mol. The van der Waals surface area contributed by atoms with Crippen LogP contribution in [0.25, 0.3) is 0 Å². The molecule has 0 amide bonds. The molecule has 5 aromatic carbocycles. The molecule has 57 heavy (non-hydrogen) atoms. The number of aliphatic hydroxyl groups is 1.